The van der Waals surface area contributed by atoms with Crippen molar-refractivity contribution >= 4 is 56.5 Å². The number of hydrogen-bond acceptors (Lipinski definition) is 6. The molecule has 0 spiro atoms. The predicted octanol–water partition coefficient (Wildman–Crippen LogP) is 5.02. The Morgan fingerprint density at radius 1 is 0.956 bits per heavy atom. The van der Waals surface area contributed by atoms with Crippen LogP contribution < -0.4 is 10.6 Å². The van der Waals surface area contributed by atoms with Crippen molar-refractivity contribution in [3.8, 4) is 0 Å². The van der Waals surface area contributed by atoms with Crippen LogP contribution in [0.2, 0.25) is 10.0 Å². The van der Waals surface area contributed by atoms with Crippen LogP contribution in [0.5, 0.6) is 0 Å². The Morgan fingerprint density at radius 3 is 2.20 bits per heavy atom. The van der Waals surface area contributed by atoms with Gasteiger partial charge in [-0.2, -0.15) is 0 Å². The molecule has 2 aromatic carbocycles. The fourth-order valence-corrected chi connectivity index (χ4v) is 8.56. The lowest BCUT2D eigenvalue weighted by molar-refractivity contribution is -0.140. The molecule has 3 amide bonds. The molecule has 2 N–H and O–H groups in total. The van der Waals surface area contributed by atoms with Crippen molar-refractivity contribution in [1.29, 1.82) is 0 Å². The highest BCUT2D eigenvalue weighted by molar-refractivity contribution is 7.92. The number of sulfone groups is 1. The Labute approximate surface area is 275 Å². The van der Waals surface area contributed by atoms with Crippen LogP contribution in [0.4, 0.5) is 0 Å². The van der Waals surface area contributed by atoms with Gasteiger partial charge in [0.2, 0.25) is 17.6 Å². The molecule has 1 saturated heterocycles. The molecule has 244 valence electrons. The molecule has 4 atom stereocenters. The fourth-order valence-electron chi connectivity index (χ4n) is 6.17. The molecule has 0 bridgehead atoms. The fraction of sp³-hybridized carbons (Fsp3) is 0.515. The average molecular weight is 679 g/mol. The average Bonchev–Trinajstić information content (AvgIpc) is 3.70. The number of rotatable bonds is 14. The van der Waals surface area contributed by atoms with Crippen LogP contribution in [0.3, 0.4) is 0 Å². The number of carbonyl (C=O) groups excluding carboxylic acids is 4. The number of hydrogen-bond donors (Lipinski definition) is 2. The molecular formula is C33H41Cl2N3O6S. The van der Waals surface area contributed by atoms with E-state index in [4.69, 9.17) is 23.2 Å². The Kier molecular flexibility index (Phi) is 11.4. The number of amides is 3. The van der Waals surface area contributed by atoms with E-state index in [1.165, 1.54) is 17.0 Å². The molecule has 4 rings (SSSR count). The van der Waals surface area contributed by atoms with Gasteiger partial charge in [0.1, 0.15) is 0 Å². The summed E-state index contributed by atoms with van der Waals surface area (Å²) in [6.07, 6.45) is 3.33. The van der Waals surface area contributed by atoms with E-state index in [1.807, 2.05) is 20.8 Å². The van der Waals surface area contributed by atoms with Gasteiger partial charge in [0, 0.05) is 30.1 Å². The first-order chi connectivity index (χ1) is 21.3. The molecule has 1 aliphatic heterocycles. The van der Waals surface area contributed by atoms with E-state index in [0.29, 0.717) is 30.7 Å². The molecule has 1 heterocycles. The molecule has 1 aliphatic carbocycles. The summed E-state index contributed by atoms with van der Waals surface area (Å²) in [5, 5.41) is 5.03. The highest BCUT2D eigenvalue weighted by Gasteiger charge is 2.56. The van der Waals surface area contributed by atoms with E-state index >= 15 is 0 Å². The standard InChI is InChI=1S/C33H41Cl2N3O6S/c1-4-8-21(3)36-31(41)30(40)27(9-5-2)37-29(39)19-24-18-25(45(43,44)28-11-7-6-10-26(28)35)20-38(24)32(42)33(16-17-33)22-12-14-23(34)15-13-22/h6-7,10-15,21,24-25,27H,4-5,8-9,16-20H2,1-3H3,(H,36,41)(H,37,39). The van der Waals surface area contributed by atoms with Gasteiger partial charge in [0.15, 0.2) is 9.84 Å². The highest BCUT2D eigenvalue weighted by Crippen LogP contribution is 2.51. The minimum Gasteiger partial charge on any atom is -0.347 e. The minimum absolute atomic E-state index is 0.0187. The van der Waals surface area contributed by atoms with Crippen molar-refractivity contribution in [2.24, 2.45) is 0 Å². The zero-order valence-corrected chi connectivity index (χ0v) is 28.2. The zero-order valence-electron chi connectivity index (χ0n) is 25.9. The third kappa shape index (κ3) is 7.89. The molecule has 0 radical (unpaired) electrons. The molecule has 0 aromatic heterocycles. The topological polar surface area (TPSA) is 130 Å². The van der Waals surface area contributed by atoms with Gasteiger partial charge in [0.05, 0.1) is 26.6 Å². The third-order valence-corrected chi connectivity index (χ3v) is 11.6. The lowest BCUT2D eigenvalue weighted by Gasteiger charge is -2.29. The normalized spacial score (nSPS) is 20.2. The van der Waals surface area contributed by atoms with Gasteiger partial charge in [-0.3, -0.25) is 19.2 Å². The Morgan fingerprint density at radius 2 is 1.60 bits per heavy atom. The summed E-state index contributed by atoms with van der Waals surface area (Å²) in [5.74, 6) is -2.26. The first-order valence-electron chi connectivity index (χ1n) is 15.5. The van der Waals surface area contributed by atoms with E-state index in [1.54, 1.807) is 36.4 Å². The Hall–Kier alpha value is -2.95. The number of Topliss-reactive ketones (excluding diaryl/α,β-unsaturated/α-hetero) is 1. The molecule has 4 unspecified atom stereocenters. The highest BCUT2D eigenvalue weighted by atomic mass is 35.5. The van der Waals surface area contributed by atoms with Crippen LogP contribution in [0.25, 0.3) is 0 Å². The number of carbonyl (C=O) groups is 4. The van der Waals surface area contributed by atoms with Gasteiger partial charge in [-0.15, -0.1) is 0 Å². The summed E-state index contributed by atoms with van der Waals surface area (Å²) in [6.45, 7) is 5.54. The van der Waals surface area contributed by atoms with Gasteiger partial charge in [-0.05, 0) is 68.9 Å². The zero-order chi connectivity index (χ0) is 32.9. The van der Waals surface area contributed by atoms with Gasteiger partial charge < -0.3 is 15.5 Å². The molecule has 1 saturated carbocycles. The van der Waals surface area contributed by atoms with E-state index in [2.05, 4.69) is 10.6 Å². The SMILES string of the molecule is CCCC(C)NC(=O)C(=O)C(CCC)NC(=O)CC1CC(S(=O)(=O)c2ccccc2Cl)CN1C(=O)C1(c2ccc(Cl)cc2)CC1. The second-order valence-corrected chi connectivity index (χ2v) is 15.2. The number of ketones is 1. The quantitative estimate of drug-likeness (QED) is 0.270. The lowest BCUT2D eigenvalue weighted by atomic mass is 9.93. The largest absolute Gasteiger partial charge is 0.347 e. The van der Waals surface area contributed by atoms with Crippen molar-refractivity contribution < 1.29 is 27.6 Å². The Bertz CT molecular complexity index is 1530. The second-order valence-electron chi connectivity index (χ2n) is 12.2. The van der Waals surface area contributed by atoms with Crippen LogP contribution in [0.15, 0.2) is 53.4 Å². The summed E-state index contributed by atoms with van der Waals surface area (Å²) in [4.78, 5) is 54.8. The van der Waals surface area contributed by atoms with Crippen molar-refractivity contribution in [2.45, 2.75) is 106 Å². The van der Waals surface area contributed by atoms with Crippen LogP contribution in [-0.4, -0.2) is 66.7 Å². The van der Waals surface area contributed by atoms with E-state index in [0.717, 1.165) is 12.0 Å². The number of nitrogens with zero attached hydrogens (tertiary/aromatic N) is 1. The second kappa shape index (κ2) is 14.6. The smallest absolute Gasteiger partial charge is 0.289 e. The molecule has 2 aliphatic rings. The van der Waals surface area contributed by atoms with Gasteiger partial charge in [-0.25, -0.2) is 8.42 Å². The van der Waals surface area contributed by atoms with Crippen molar-refractivity contribution in [3.05, 3.63) is 64.1 Å². The molecule has 2 fully saturated rings. The molecule has 12 heteroatoms. The number of benzene rings is 2. The lowest BCUT2D eigenvalue weighted by Crippen LogP contribution is -2.50. The van der Waals surface area contributed by atoms with Crippen LogP contribution >= 0.6 is 23.2 Å². The summed E-state index contributed by atoms with van der Waals surface area (Å²) in [7, 11) is -3.95. The first-order valence-corrected chi connectivity index (χ1v) is 17.8. The third-order valence-electron chi connectivity index (χ3n) is 8.75. The summed E-state index contributed by atoms with van der Waals surface area (Å²) < 4.78 is 27.5. The maximum Gasteiger partial charge on any atom is 0.289 e. The van der Waals surface area contributed by atoms with Gasteiger partial charge in [-0.1, -0.05) is 74.2 Å². The summed E-state index contributed by atoms with van der Waals surface area (Å²) in [6, 6.07) is 11.2. The van der Waals surface area contributed by atoms with Crippen LogP contribution in [0, 0.1) is 0 Å². The summed E-state index contributed by atoms with van der Waals surface area (Å²) in [5.41, 5.74) is -0.0366. The van der Waals surface area contributed by atoms with Gasteiger partial charge >= 0.3 is 0 Å². The van der Waals surface area contributed by atoms with Crippen molar-refractivity contribution in [1.82, 2.24) is 15.5 Å². The molecule has 2 aromatic rings. The maximum absolute atomic E-state index is 14.2. The number of halogens is 2. The molecule has 45 heavy (non-hydrogen) atoms. The molecule has 9 nitrogen and oxygen atoms in total. The predicted molar refractivity (Wildman–Crippen MR) is 174 cm³/mol. The number of likely N-dealkylation sites (tertiary alicyclic amines) is 1. The van der Waals surface area contributed by atoms with Crippen LogP contribution in [0.1, 0.15) is 77.7 Å². The van der Waals surface area contributed by atoms with Crippen LogP contribution in [-0.2, 0) is 34.4 Å². The van der Waals surface area contributed by atoms with Crippen molar-refractivity contribution in [3.63, 3.8) is 0 Å². The first kappa shape index (κ1) is 34.9. The van der Waals surface area contributed by atoms with E-state index in [-0.39, 0.29) is 47.7 Å². The molecular weight excluding hydrogens is 637 g/mol. The summed E-state index contributed by atoms with van der Waals surface area (Å²) >= 11 is 12.4. The van der Waals surface area contributed by atoms with E-state index < -0.39 is 50.2 Å². The number of nitrogens with one attached hydrogen (secondary N) is 2. The monoisotopic (exact) mass is 677 g/mol. The van der Waals surface area contributed by atoms with Crippen molar-refractivity contribution in [2.75, 3.05) is 6.54 Å². The van der Waals surface area contributed by atoms with E-state index in [9.17, 15) is 27.6 Å². The maximum atomic E-state index is 14.2. The van der Waals surface area contributed by atoms with Gasteiger partial charge in [0.25, 0.3) is 5.91 Å². The Balaban J connectivity index is 1.57. The minimum atomic E-state index is -3.95.